The van der Waals surface area contributed by atoms with Crippen molar-refractivity contribution in [2.75, 3.05) is 13.1 Å². The zero-order chi connectivity index (χ0) is 8.81. The van der Waals surface area contributed by atoms with Gasteiger partial charge in [0.2, 0.25) is 0 Å². The molecule has 0 bridgehead atoms. The van der Waals surface area contributed by atoms with Crippen molar-refractivity contribution in [3.05, 3.63) is 24.4 Å². The number of aliphatic imine (C=N–C) groups is 1. The average Bonchev–Trinajstić information content (AvgIpc) is 2.09. The van der Waals surface area contributed by atoms with E-state index in [1.165, 1.54) is 0 Å². The van der Waals surface area contributed by atoms with Crippen LogP contribution in [0.25, 0.3) is 0 Å². The Kier molecular flexibility index (Phi) is 3.58. The van der Waals surface area contributed by atoms with Gasteiger partial charge in [-0.3, -0.25) is 4.99 Å². The van der Waals surface area contributed by atoms with E-state index in [-0.39, 0.29) is 0 Å². The molecule has 0 unspecified atom stereocenters. The van der Waals surface area contributed by atoms with Crippen LogP contribution in [0, 0.1) is 0 Å². The van der Waals surface area contributed by atoms with Gasteiger partial charge in [0.15, 0.2) is 0 Å². The molecule has 0 radical (unpaired) electrons. The van der Waals surface area contributed by atoms with Gasteiger partial charge in [0, 0.05) is 19.3 Å². The second-order valence-corrected chi connectivity index (χ2v) is 2.77. The van der Waals surface area contributed by atoms with Gasteiger partial charge in [-0.25, -0.2) is 0 Å². The van der Waals surface area contributed by atoms with Crippen molar-refractivity contribution in [1.29, 1.82) is 0 Å². The molecule has 0 saturated heterocycles. The van der Waals surface area contributed by atoms with Gasteiger partial charge < -0.3 is 4.90 Å². The Bertz CT molecular complexity index is 214. The fourth-order valence-electron chi connectivity index (χ4n) is 1.27. The van der Waals surface area contributed by atoms with Crippen molar-refractivity contribution < 1.29 is 0 Å². The lowest BCUT2D eigenvalue weighted by Gasteiger charge is -2.23. The highest BCUT2D eigenvalue weighted by atomic mass is 15.2. The molecule has 1 aliphatic heterocycles. The molecule has 1 rings (SSSR count). The second kappa shape index (κ2) is 4.75. The zero-order valence-electron chi connectivity index (χ0n) is 7.83. The van der Waals surface area contributed by atoms with Crippen LogP contribution in [-0.2, 0) is 0 Å². The predicted octanol–water partition coefficient (Wildman–Crippen LogP) is 2.20. The van der Waals surface area contributed by atoms with Gasteiger partial charge in [0.1, 0.15) is 5.84 Å². The second-order valence-electron chi connectivity index (χ2n) is 2.77. The number of allylic oxidation sites excluding steroid dienone is 2. The first kappa shape index (κ1) is 9.04. The molecule has 0 aromatic heterocycles. The third-order valence-corrected chi connectivity index (χ3v) is 1.77. The Morgan fingerprint density at radius 1 is 1.33 bits per heavy atom. The van der Waals surface area contributed by atoms with Crippen LogP contribution < -0.4 is 0 Å². The van der Waals surface area contributed by atoms with Crippen LogP contribution in [0.4, 0.5) is 0 Å². The van der Waals surface area contributed by atoms with Crippen molar-refractivity contribution in [2.24, 2.45) is 4.99 Å². The average molecular weight is 164 g/mol. The highest BCUT2D eigenvalue weighted by molar-refractivity contribution is 5.93. The van der Waals surface area contributed by atoms with Crippen LogP contribution in [-0.4, -0.2) is 23.8 Å². The molecule has 2 nitrogen and oxygen atoms in total. The van der Waals surface area contributed by atoms with Gasteiger partial charge in [-0.15, -0.1) is 0 Å². The maximum absolute atomic E-state index is 4.42. The molecular formula is C10H16N2. The number of rotatable bonds is 2. The molecule has 0 atom stereocenters. The molecule has 0 saturated carbocycles. The Morgan fingerprint density at radius 2 is 2.17 bits per heavy atom. The lowest BCUT2D eigenvalue weighted by atomic mass is 10.3. The summed E-state index contributed by atoms with van der Waals surface area (Å²) >= 11 is 0. The summed E-state index contributed by atoms with van der Waals surface area (Å²) in [4.78, 5) is 6.61. The summed E-state index contributed by atoms with van der Waals surface area (Å²) in [5.74, 6) is 1.09. The van der Waals surface area contributed by atoms with Crippen molar-refractivity contribution in [1.82, 2.24) is 4.90 Å². The largest absolute Gasteiger partial charge is 0.334 e. The van der Waals surface area contributed by atoms with Gasteiger partial charge in [-0.05, 0) is 26.3 Å². The maximum atomic E-state index is 4.42. The zero-order valence-corrected chi connectivity index (χ0v) is 7.83. The van der Waals surface area contributed by atoms with E-state index in [1.54, 1.807) is 0 Å². The first-order chi connectivity index (χ1) is 5.88. The number of hydrogen-bond acceptors (Lipinski definition) is 2. The molecule has 12 heavy (non-hydrogen) atoms. The maximum Gasteiger partial charge on any atom is 0.127 e. The van der Waals surface area contributed by atoms with Crippen LogP contribution in [0.5, 0.6) is 0 Å². The SMILES string of the molecule is C/C=C\C1=NCCCN1/C=C\C. The summed E-state index contributed by atoms with van der Waals surface area (Å²) in [7, 11) is 0. The highest BCUT2D eigenvalue weighted by Crippen LogP contribution is 2.04. The standard InChI is InChI=1S/C10H16N2/c1-3-6-10-11-7-5-9-12(10)8-4-2/h3-4,6,8H,5,7,9H2,1-2H3/b6-3-,8-4-. The summed E-state index contributed by atoms with van der Waals surface area (Å²) in [5, 5.41) is 0. The quantitative estimate of drug-likeness (QED) is 0.611. The van der Waals surface area contributed by atoms with E-state index in [9.17, 15) is 0 Å². The summed E-state index contributed by atoms with van der Waals surface area (Å²) in [6, 6.07) is 0. The van der Waals surface area contributed by atoms with E-state index in [1.807, 2.05) is 26.0 Å². The molecule has 66 valence electrons. The van der Waals surface area contributed by atoms with Crippen molar-refractivity contribution in [3.63, 3.8) is 0 Å². The molecular weight excluding hydrogens is 148 g/mol. The van der Waals surface area contributed by atoms with Gasteiger partial charge in [0.25, 0.3) is 0 Å². The van der Waals surface area contributed by atoms with Gasteiger partial charge in [-0.2, -0.15) is 0 Å². The minimum absolute atomic E-state index is 0.966. The van der Waals surface area contributed by atoms with Crippen LogP contribution in [0.3, 0.4) is 0 Å². The normalized spacial score (nSPS) is 19.2. The fourth-order valence-corrected chi connectivity index (χ4v) is 1.27. The van der Waals surface area contributed by atoms with Gasteiger partial charge in [0.05, 0.1) is 0 Å². The minimum Gasteiger partial charge on any atom is -0.334 e. The van der Waals surface area contributed by atoms with Gasteiger partial charge in [-0.1, -0.05) is 12.2 Å². The van der Waals surface area contributed by atoms with E-state index in [2.05, 4.69) is 22.2 Å². The molecule has 0 N–H and O–H groups in total. The molecule has 2 heteroatoms. The van der Waals surface area contributed by atoms with E-state index in [4.69, 9.17) is 0 Å². The van der Waals surface area contributed by atoms with E-state index >= 15 is 0 Å². The first-order valence-electron chi connectivity index (χ1n) is 4.45. The third-order valence-electron chi connectivity index (χ3n) is 1.77. The highest BCUT2D eigenvalue weighted by Gasteiger charge is 2.08. The lowest BCUT2D eigenvalue weighted by molar-refractivity contribution is 0.511. The Hall–Kier alpha value is -1.05. The fraction of sp³-hybridized carbons (Fsp3) is 0.500. The predicted molar refractivity (Wildman–Crippen MR) is 53.3 cm³/mol. The van der Waals surface area contributed by atoms with Crippen LogP contribution in [0.2, 0.25) is 0 Å². The van der Waals surface area contributed by atoms with Crippen LogP contribution >= 0.6 is 0 Å². The monoisotopic (exact) mass is 164 g/mol. The molecule has 1 heterocycles. The molecule has 0 aliphatic carbocycles. The Labute approximate surface area is 74.3 Å². The topological polar surface area (TPSA) is 15.6 Å². The van der Waals surface area contributed by atoms with Crippen molar-refractivity contribution >= 4 is 5.84 Å². The summed E-state index contributed by atoms with van der Waals surface area (Å²) in [6.45, 7) is 6.11. The number of nitrogens with zero attached hydrogens (tertiary/aromatic N) is 2. The molecule has 1 aliphatic rings. The smallest absolute Gasteiger partial charge is 0.127 e. The Balaban J connectivity index is 2.70. The molecule has 0 amide bonds. The van der Waals surface area contributed by atoms with Crippen molar-refractivity contribution in [3.8, 4) is 0 Å². The van der Waals surface area contributed by atoms with E-state index < -0.39 is 0 Å². The van der Waals surface area contributed by atoms with Gasteiger partial charge >= 0.3 is 0 Å². The summed E-state index contributed by atoms with van der Waals surface area (Å²) in [6.07, 6.45) is 9.37. The lowest BCUT2D eigenvalue weighted by Crippen LogP contribution is -2.29. The number of hydrogen-bond donors (Lipinski definition) is 0. The molecule has 0 spiro atoms. The Morgan fingerprint density at radius 3 is 2.83 bits per heavy atom. The first-order valence-corrected chi connectivity index (χ1v) is 4.45. The van der Waals surface area contributed by atoms with E-state index in [0.29, 0.717) is 0 Å². The third kappa shape index (κ3) is 2.22. The minimum atomic E-state index is 0.966. The summed E-state index contributed by atoms with van der Waals surface area (Å²) in [5.41, 5.74) is 0. The van der Waals surface area contributed by atoms with Crippen LogP contribution in [0.1, 0.15) is 20.3 Å². The molecule has 0 fully saturated rings. The molecule has 0 aromatic rings. The molecule has 0 aromatic carbocycles. The number of amidine groups is 1. The van der Waals surface area contributed by atoms with E-state index in [0.717, 1.165) is 25.3 Å². The summed E-state index contributed by atoms with van der Waals surface area (Å²) < 4.78 is 0. The van der Waals surface area contributed by atoms with Crippen LogP contribution in [0.15, 0.2) is 29.4 Å². The van der Waals surface area contributed by atoms with Crippen molar-refractivity contribution in [2.45, 2.75) is 20.3 Å².